The number of carbonyl (C=O) groups is 3. The summed E-state index contributed by atoms with van der Waals surface area (Å²) in [6.07, 6.45) is 5.44. The number of nitrogens with one attached hydrogen (secondary N) is 1. The number of methoxy groups -OCH3 is 1. The number of Topliss-reactive ketones (excluding diaryl/α,β-unsaturated/α-hetero) is 2. The first-order chi connectivity index (χ1) is 21.5. The average molecular weight is 583 g/mol. The van der Waals surface area contributed by atoms with E-state index >= 15 is 4.79 Å². The van der Waals surface area contributed by atoms with Gasteiger partial charge in [0.05, 0.1) is 19.1 Å². The second-order valence-electron chi connectivity index (χ2n) is 11.2. The van der Waals surface area contributed by atoms with Crippen LogP contribution in [0.2, 0.25) is 0 Å². The summed E-state index contributed by atoms with van der Waals surface area (Å²) in [6.45, 7) is 3.98. The summed E-state index contributed by atoms with van der Waals surface area (Å²) in [6, 6.07) is 27.5. The molecule has 0 bridgehead atoms. The molecule has 218 valence electrons. The molecule has 3 heterocycles. The van der Waals surface area contributed by atoms with Crippen molar-refractivity contribution < 1.29 is 23.9 Å². The van der Waals surface area contributed by atoms with Crippen LogP contribution in [-0.2, 0) is 10.2 Å². The smallest absolute Gasteiger partial charge is 0.238 e. The Morgan fingerprint density at radius 1 is 0.909 bits per heavy atom. The van der Waals surface area contributed by atoms with Crippen molar-refractivity contribution in [1.29, 1.82) is 0 Å². The van der Waals surface area contributed by atoms with Gasteiger partial charge in [0.25, 0.3) is 0 Å². The molecule has 0 aliphatic carbocycles. The average Bonchev–Trinajstić information content (AvgIpc) is 3.55. The van der Waals surface area contributed by atoms with Gasteiger partial charge in [0.15, 0.2) is 11.6 Å². The molecule has 7 rings (SSSR count). The minimum atomic E-state index is -1.41. The Balaban J connectivity index is 1.50. The number of anilines is 1. The Labute approximate surface area is 255 Å². The molecule has 1 spiro atoms. The molecule has 0 radical (unpaired) electrons. The summed E-state index contributed by atoms with van der Waals surface area (Å²) >= 11 is 0. The molecule has 4 aromatic carbocycles. The fourth-order valence-electron chi connectivity index (χ4n) is 7.19. The number of fused-ring (bicyclic) bond motifs is 6. The lowest BCUT2D eigenvalue weighted by atomic mass is 9.62. The van der Waals surface area contributed by atoms with Gasteiger partial charge in [0, 0.05) is 23.0 Å². The van der Waals surface area contributed by atoms with Crippen LogP contribution in [0, 0.1) is 5.92 Å². The van der Waals surface area contributed by atoms with Crippen molar-refractivity contribution in [3.8, 4) is 11.5 Å². The molecule has 1 amide bonds. The summed E-state index contributed by atoms with van der Waals surface area (Å²) in [5.41, 5.74) is 2.49. The van der Waals surface area contributed by atoms with Gasteiger partial charge in [0.1, 0.15) is 29.6 Å². The fraction of sp³-hybridized carbons (Fsp3) is 0.162. The predicted molar refractivity (Wildman–Crippen MR) is 168 cm³/mol. The lowest BCUT2D eigenvalue weighted by Crippen LogP contribution is -2.49. The van der Waals surface area contributed by atoms with Crippen LogP contribution in [0.3, 0.4) is 0 Å². The second-order valence-corrected chi connectivity index (χ2v) is 11.2. The molecular formula is C37H30N2O5. The molecule has 1 saturated heterocycles. The molecule has 3 aliphatic rings. The molecule has 7 nitrogen and oxygen atoms in total. The number of rotatable bonds is 8. The van der Waals surface area contributed by atoms with E-state index < -0.39 is 23.4 Å². The Morgan fingerprint density at radius 2 is 1.61 bits per heavy atom. The quantitative estimate of drug-likeness (QED) is 0.196. The molecule has 0 unspecified atom stereocenters. The summed E-state index contributed by atoms with van der Waals surface area (Å²) in [7, 11) is 1.54. The third kappa shape index (κ3) is 4.00. The van der Waals surface area contributed by atoms with Crippen molar-refractivity contribution in [2.45, 2.75) is 17.5 Å². The van der Waals surface area contributed by atoms with Gasteiger partial charge in [-0.3, -0.25) is 14.4 Å². The molecule has 1 fully saturated rings. The molecule has 0 saturated carbocycles. The van der Waals surface area contributed by atoms with E-state index in [-0.39, 0.29) is 24.1 Å². The van der Waals surface area contributed by atoms with Gasteiger partial charge in [-0.25, -0.2) is 0 Å². The third-order valence-electron chi connectivity index (χ3n) is 8.96. The normalized spacial score (nSPS) is 22.5. The molecule has 1 N–H and O–H groups in total. The Bertz CT molecular complexity index is 1860. The number of ketones is 2. The van der Waals surface area contributed by atoms with Gasteiger partial charge in [-0.15, -0.1) is 0 Å². The molecule has 0 aromatic heterocycles. The van der Waals surface area contributed by atoms with Crippen molar-refractivity contribution >= 4 is 29.2 Å². The van der Waals surface area contributed by atoms with E-state index in [1.807, 2.05) is 65.7 Å². The van der Waals surface area contributed by atoms with Crippen molar-refractivity contribution in [3.05, 3.63) is 144 Å². The highest BCUT2D eigenvalue weighted by molar-refractivity contribution is 6.16. The van der Waals surface area contributed by atoms with Gasteiger partial charge < -0.3 is 19.7 Å². The first-order valence-electron chi connectivity index (χ1n) is 14.5. The number of ether oxygens (including phenoxy) is 2. The van der Waals surface area contributed by atoms with Gasteiger partial charge in [-0.05, 0) is 53.1 Å². The zero-order valence-corrected chi connectivity index (χ0v) is 24.1. The number of amides is 1. The van der Waals surface area contributed by atoms with Gasteiger partial charge >= 0.3 is 0 Å². The van der Waals surface area contributed by atoms with Gasteiger partial charge in [-0.1, -0.05) is 79.4 Å². The minimum Gasteiger partial charge on any atom is -0.497 e. The van der Waals surface area contributed by atoms with Crippen molar-refractivity contribution in [3.63, 3.8) is 0 Å². The maximum absolute atomic E-state index is 15.0. The van der Waals surface area contributed by atoms with E-state index in [4.69, 9.17) is 9.47 Å². The monoisotopic (exact) mass is 582 g/mol. The van der Waals surface area contributed by atoms with E-state index in [0.717, 1.165) is 11.1 Å². The predicted octanol–water partition coefficient (Wildman–Crippen LogP) is 6.24. The lowest BCUT2D eigenvalue weighted by Gasteiger charge is -2.38. The number of nitrogens with zero attached hydrogens (tertiary/aromatic N) is 1. The second kappa shape index (κ2) is 10.7. The van der Waals surface area contributed by atoms with Crippen molar-refractivity contribution in [1.82, 2.24) is 4.90 Å². The molecule has 3 aliphatic heterocycles. The Kier molecular flexibility index (Phi) is 6.66. The number of carbonyl (C=O) groups excluding carboxylic acids is 3. The van der Waals surface area contributed by atoms with Crippen molar-refractivity contribution in [2.75, 3.05) is 19.0 Å². The van der Waals surface area contributed by atoms with Crippen LogP contribution in [0.4, 0.5) is 5.69 Å². The van der Waals surface area contributed by atoms with Crippen LogP contribution in [0.1, 0.15) is 43.4 Å². The SMILES string of the molecule is C=CCOc1cccc(C(=O)[C@H]2[C@H](C(=O)c3cccc(OC)c3)N3C=Cc4ccccc4[C@@H]3[C@@]23C(=O)Nc2ccccc23)c1. The zero-order valence-electron chi connectivity index (χ0n) is 24.1. The third-order valence-corrected chi connectivity index (χ3v) is 8.96. The van der Waals surface area contributed by atoms with E-state index in [1.165, 1.54) is 0 Å². The van der Waals surface area contributed by atoms with Crippen LogP contribution in [-0.4, -0.2) is 42.1 Å². The van der Waals surface area contributed by atoms with Crippen LogP contribution in [0.25, 0.3) is 6.08 Å². The summed E-state index contributed by atoms with van der Waals surface area (Å²) in [5, 5.41) is 3.08. The number of hydrogen-bond acceptors (Lipinski definition) is 6. The van der Waals surface area contributed by atoms with Gasteiger partial charge in [0.2, 0.25) is 5.91 Å². The van der Waals surface area contributed by atoms with Crippen LogP contribution in [0.15, 0.2) is 116 Å². The number of para-hydroxylation sites is 1. The maximum atomic E-state index is 15.0. The number of hydrogen-bond donors (Lipinski definition) is 1. The maximum Gasteiger partial charge on any atom is 0.238 e. The first-order valence-corrected chi connectivity index (χ1v) is 14.5. The summed E-state index contributed by atoms with van der Waals surface area (Å²) < 4.78 is 11.2. The van der Waals surface area contributed by atoms with Crippen LogP contribution >= 0.6 is 0 Å². The highest BCUT2D eigenvalue weighted by atomic mass is 16.5. The molecule has 4 atom stereocenters. The Hall–Kier alpha value is -5.43. The minimum absolute atomic E-state index is 0.273. The first kappa shape index (κ1) is 27.4. The highest BCUT2D eigenvalue weighted by Gasteiger charge is 2.70. The fourth-order valence-corrected chi connectivity index (χ4v) is 7.19. The van der Waals surface area contributed by atoms with Gasteiger partial charge in [-0.2, -0.15) is 0 Å². The molecule has 7 heteroatoms. The Morgan fingerprint density at radius 3 is 2.41 bits per heavy atom. The van der Waals surface area contributed by atoms with Crippen molar-refractivity contribution in [2.24, 2.45) is 5.92 Å². The zero-order chi connectivity index (χ0) is 30.4. The van der Waals surface area contributed by atoms with Crippen LogP contribution < -0.4 is 14.8 Å². The molecule has 4 aromatic rings. The van der Waals surface area contributed by atoms with E-state index in [2.05, 4.69) is 11.9 Å². The van der Waals surface area contributed by atoms with E-state index in [1.54, 1.807) is 61.7 Å². The highest BCUT2D eigenvalue weighted by Crippen LogP contribution is 2.62. The largest absolute Gasteiger partial charge is 0.497 e. The lowest BCUT2D eigenvalue weighted by molar-refractivity contribution is -0.122. The number of benzene rings is 4. The summed E-state index contributed by atoms with van der Waals surface area (Å²) in [5.74, 6) is -0.958. The molecular weight excluding hydrogens is 552 g/mol. The standard InChI is InChI=1S/C37H30N2O5/c1-3-20-44-27-14-9-11-24(22-27)33(40)31-32(34(41)25-12-8-13-26(21-25)43-2)39-19-18-23-10-4-5-15-28(23)35(39)37(31)29-16-6-7-17-30(29)38-36(37)42/h3-19,21-22,31-32,35H,1,20H2,2H3,(H,38,42)/t31-,32-,35-,37+/m1/s1. The van der Waals surface area contributed by atoms with E-state index in [0.29, 0.717) is 33.9 Å². The van der Waals surface area contributed by atoms with Crippen LogP contribution in [0.5, 0.6) is 11.5 Å². The van der Waals surface area contributed by atoms with E-state index in [9.17, 15) is 9.59 Å². The topological polar surface area (TPSA) is 84.9 Å². The molecule has 44 heavy (non-hydrogen) atoms. The summed E-state index contributed by atoms with van der Waals surface area (Å²) in [4.78, 5) is 46.3.